The maximum Gasteiger partial charge on any atom is 0.330 e. The number of aromatic nitrogens is 2. The first kappa shape index (κ1) is 13.6. The zero-order valence-electron chi connectivity index (χ0n) is 9.77. The first-order valence-corrected chi connectivity index (χ1v) is 5.74. The van der Waals surface area contributed by atoms with Crippen molar-refractivity contribution in [2.45, 2.75) is 13.0 Å². The summed E-state index contributed by atoms with van der Waals surface area (Å²) in [5.74, 6) is 0.300. The van der Waals surface area contributed by atoms with Gasteiger partial charge >= 0.3 is 5.69 Å². The van der Waals surface area contributed by atoms with Gasteiger partial charge < -0.3 is 5.32 Å². The molecule has 1 aromatic rings. The summed E-state index contributed by atoms with van der Waals surface area (Å²) in [6.45, 7) is 0.161. The van der Waals surface area contributed by atoms with E-state index in [4.69, 9.17) is 0 Å². The van der Waals surface area contributed by atoms with E-state index in [0.717, 1.165) is 4.57 Å². The van der Waals surface area contributed by atoms with E-state index in [1.807, 2.05) is 0 Å². The van der Waals surface area contributed by atoms with Crippen LogP contribution in [0.15, 0.2) is 15.7 Å². The van der Waals surface area contributed by atoms with Crippen molar-refractivity contribution < 1.29 is 4.79 Å². The van der Waals surface area contributed by atoms with Gasteiger partial charge in [-0.25, -0.2) is 4.79 Å². The zero-order chi connectivity index (χ0) is 13.0. The van der Waals surface area contributed by atoms with Crippen LogP contribution in [-0.2, 0) is 25.4 Å². The van der Waals surface area contributed by atoms with Gasteiger partial charge in [-0.2, -0.15) is 12.6 Å². The quantitative estimate of drug-likeness (QED) is 0.681. The molecule has 1 N–H and O–H groups in total. The average molecular weight is 257 g/mol. The number of carbonyl (C=O) groups excluding carboxylic acids is 1. The molecule has 0 atom stereocenters. The first-order chi connectivity index (χ1) is 7.97. The number of hydrogen-bond acceptors (Lipinski definition) is 4. The number of nitrogens with one attached hydrogen (secondary N) is 1. The van der Waals surface area contributed by atoms with Crippen molar-refractivity contribution in [3.05, 3.63) is 32.6 Å². The van der Waals surface area contributed by atoms with Gasteiger partial charge in [0.2, 0.25) is 5.91 Å². The fourth-order valence-electron chi connectivity index (χ4n) is 1.33. The summed E-state index contributed by atoms with van der Waals surface area (Å²) in [6.07, 6.45) is 0.307. The molecule has 1 heterocycles. The lowest BCUT2D eigenvalue weighted by Gasteiger charge is -2.10. The van der Waals surface area contributed by atoms with E-state index in [2.05, 4.69) is 17.9 Å². The van der Waals surface area contributed by atoms with Crippen LogP contribution in [0.25, 0.3) is 0 Å². The normalized spacial score (nSPS) is 10.3. The highest BCUT2D eigenvalue weighted by atomic mass is 32.1. The van der Waals surface area contributed by atoms with E-state index >= 15 is 0 Å². The lowest BCUT2D eigenvalue weighted by molar-refractivity contribution is -0.120. The monoisotopic (exact) mass is 257 g/mol. The second-order valence-electron chi connectivity index (χ2n) is 3.62. The third-order valence-electron chi connectivity index (χ3n) is 2.43. The largest absolute Gasteiger partial charge is 0.350 e. The van der Waals surface area contributed by atoms with Crippen LogP contribution in [0.1, 0.15) is 12.1 Å². The minimum absolute atomic E-state index is 0.159. The van der Waals surface area contributed by atoms with Crippen LogP contribution in [0, 0.1) is 0 Å². The highest BCUT2D eigenvalue weighted by Gasteiger charge is 2.06. The van der Waals surface area contributed by atoms with Crippen molar-refractivity contribution in [2.75, 3.05) is 5.75 Å². The molecule has 17 heavy (non-hydrogen) atoms. The Bertz CT molecular complexity index is 533. The highest BCUT2D eigenvalue weighted by Crippen LogP contribution is 1.91. The summed E-state index contributed by atoms with van der Waals surface area (Å²) in [5.41, 5.74) is -0.312. The van der Waals surface area contributed by atoms with Gasteiger partial charge in [-0.05, 0) is 5.75 Å². The van der Waals surface area contributed by atoms with Gasteiger partial charge in [0.1, 0.15) is 0 Å². The van der Waals surface area contributed by atoms with Gasteiger partial charge in [0.05, 0.1) is 6.54 Å². The molecule has 6 nitrogen and oxygen atoms in total. The molecule has 0 bridgehead atoms. The molecule has 7 heteroatoms. The molecule has 1 amide bonds. The Morgan fingerprint density at radius 3 is 2.59 bits per heavy atom. The molecule has 0 aliphatic rings. The molecule has 0 saturated heterocycles. The fourth-order valence-corrected chi connectivity index (χ4v) is 1.53. The first-order valence-electron chi connectivity index (χ1n) is 5.11. The summed E-state index contributed by atoms with van der Waals surface area (Å²) in [4.78, 5) is 34.2. The number of thiol groups is 1. The van der Waals surface area contributed by atoms with Crippen molar-refractivity contribution >= 4 is 18.5 Å². The molecule has 1 aromatic heterocycles. The Labute approximate surface area is 104 Å². The minimum Gasteiger partial charge on any atom is -0.350 e. The average Bonchev–Trinajstić information content (AvgIpc) is 2.30. The molecule has 1 rings (SSSR count). The highest BCUT2D eigenvalue weighted by molar-refractivity contribution is 7.80. The van der Waals surface area contributed by atoms with Gasteiger partial charge in [0, 0.05) is 32.3 Å². The van der Waals surface area contributed by atoms with Crippen LogP contribution < -0.4 is 16.6 Å². The fraction of sp³-hybridized carbons (Fsp3) is 0.500. The van der Waals surface area contributed by atoms with Crippen LogP contribution in [0.5, 0.6) is 0 Å². The van der Waals surface area contributed by atoms with Crippen molar-refractivity contribution in [1.82, 2.24) is 14.5 Å². The zero-order valence-corrected chi connectivity index (χ0v) is 10.7. The van der Waals surface area contributed by atoms with E-state index in [1.54, 1.807) is 7.05 Å². The summed E-state index contributed by atoms with van der Waals surface area (Å²) >= 11 is 3.94. The molecular weight excluding hydrogens is 242 g/mol. The molecule has 0 radical (unpaired) electrons. The minimum atomic E-state index is -0.407. The van der Waals surface area contributed by atoms with Gasteiger partial charge in [0.25, 0.3) is 5.56 Å². The van der Waals surface area contributed by atoms with E-state index in [9.17, 15) is 14.4 Å². The number of carbonyl (C=O) groups is 1. The van der Waals surface area contributed by atoms with Gasteiger partial charge in [0.15, 0.2) is 0 Å². The molecule has 0 aliphatic heterocycles. The number of nitrogens with zero attached hydrogens (tertiary/aromatic N) is 2. The Morgan fingerprint density at radius 1 is 1.35 bits per heavy atom. The Morgan fingerprint density at radius 2 is 2.00 bits per heavy atom. The Hall–Kier alpha value is -1.50. The van der Waals surface area contributed by atoms with Crippen LogP contribution in [0.3, 0.4) is 0 Å². The van der Waals surface area contributed by atoms with E-state index in [-0.39, 0.29) is 18.0 Å². The summed E-state index contributed by atoms with van der Waals surface area (Å²) in [7, 11) is 2.97. The van der Waals surface area contributed by atoms with Gasteiger partial charge in [-0.15, -0.1) is 0 Å². The smallest absolute Gasteiger partial charge is 0.330 e. The van der Waals surface area contributed by atoms with E-state index in [1.165, 1.54) is 17.7 Å². The van der Waals surface area contributed by atoms with Crippen molar-refractivity contribution in [2.24, 2.45) is 14.1 Å². The molecular formula is C10H15N3O3S. The Balaban J connectivity index is 2.90. The van der Waals surface area contributed by atoms with Crippen LogP contribution in [0.4, 0.5) is 0 Å². The standard InChI is InChI=1S/C10H15N3O3S/c1-12-7(6-11-8(14)3-4-17)5-9(15)13(2)10(12)16/h5,17H,3-4,6H2,1-2H3,(H,11,14). The maximum absolute atomic E-state index is 11.6. The summed E-state index contributed by atoms with van der Waals surface area (Å²) < 4.78 is 2.35. The predicted molar refractivity (Wildman–Crippen MR) is 67.2 cm³/mol. The maximum atomic E-state index is 11.6. The lowest BCUT2D eigenvalue weighted by atomic mass is 10.3. The van der Waals surface area contributed by atoms with Crippen LogP contribution in [-0.4, -0.2) is 20.8 Å². The second kappa shape index (κ2) is 5.72. The number of amides is 1. The topological polar surface area (TPSA) is 73.1 Å². The van der Waals surface area contributed by atoms with E-state index in [0.29, 0.717) is 17.9 Å². The SMILES string of the molecule is Cn1c(CNC(=O)CCS)cc(=O)n(C)c1=O. The van der Waals surface area contributed by atoms with Crippen molar-refractivity contribution in [1.29, 1.82) is 0 Å². The number of rotatable bonds is 4. The molecule has 94 valence electrons. The third kappa shape index (κ3) is 3.23. The summed E-state index contributed by atoms with van der Waals surface area (Å²) in [6, 6.07) is 1.34. The summed E-state index contributed by atoms with van der Waals surface area (Å²) in [5, 5.41) is 2.62. The van der Waals surface area contributed by atoms with Crippen LogP contribution in [0.2, 0.25) is 0 Å². The molecule has 0 saturated carbocycles. The lowest BCUT2D eigenvalue weighted by Crippen LogP contribution is -2.39. The van der Waals surface area contributed by atoms with Gasteiger partial charge in [-0.3, -0.25) is 18.7 Å². The molecule has 0 unspecified atom stereocenters. The van der Waals surface area contributed by atoms with Crippen molar-refractivity contribution in [3.8, 4) is 0 Å². The molecule has 0 fully saturated rings. The van der Waals surface area contributed by atoms with E-state index < -0.39 is 5.69 Å². The predicted octanol–water partition coefficient (Wildman–Crippen LogP) is -0.980. The van der Waals surface area contributed by atoms with Crippen molar-refractivity contribution in [3.63, 3.8) is 0 Å². The Kier molecular flexibility index (Phi) is 4.56. The third-order valence-corrected chi connectivity index (χ3v) is 2.65. The molecule has 0 spiro atoms. The molecule has 0 aromatic carbocycles. The van der Waals surface area contributed by atoms with Gasteiger partial charge in [-0.1, -0.05) is 0 Å². The second-order valence-corrected chi connectivity index (χ2v) is 4.07. The van der Waals surface area contributed by atoms with Crippen LogP contribution >= 0.6 is 12.6 Å². The molecule has 0 aliphatic carbocycles. The number of hydrogen-bond donors (Lipinski definition) is 2.